The minimum absolute atomic E-state index is 0.198. The van der Waals surface area contributed by atoms with Crippen molar-refractivity contribution in [3.63, 3.8) is 0 Å². The molecular weight excluding hydrogens is 659 g/mol. The van der Waals surface area contributed by atoms with Gasteiger partial charge in [-0.2, -0.15) is 0 Å². The Bertz CT molecular complexity index is 1700. The summed E-state index contributed by atoms with van der Waals surface area (Å²) in [5, 5.41) is 5.86. The van der Waals surface area contributed by atoms with Crippen LogP contribution < -0.4 is 25.5 Å². The molecule has 1 N–H and O–H groups in total. The topological polar surface area (TPSA) is 89.6 Å². The highest BCUT2D eigenvalue weighted by molar-refractivity contribution is 7.03. The van der Waals surface area contributed by atoms with E-state index < -0.39 is 13.7 Å². The smallest absolute Gasteiger partial charge is 0.340 e. The molecule has 0 unspecified atom stereocenters. The fraction of sp³-hybridized carbons (Fsp3) is 0.512. The summed E-state index contributed by atoms with van der Waals surface area (Å²) in [7, 11) is -2.21. The van der Waals surface area contributed by atoms with E-state index in [0.717, 1.165) is 55.9 Å². The third-order valence-electron chi connectivity index (χ3n) is 11.7. The standard InChI is InChI=1S/C41H51N3O6Si/c1-2-19-47-21-23-49-24-22-48-20-14-42-39(45)30-8-11-33-36(27-30)41(50-40(33)46)34-12-9-31(43-15-6-16-43)28-37(34)51(25-4-3-5-26-51)38-29-32(10-13-35(38)41)44-17-7-18-44/h8-13,27-29H,2-7,14-26H2,1H3,(H,42,45). The van der Waals surface area contributed by atoms with E-state index in [-0.39, 0.29) is 11.9 Å². The molecule has 0 aromatic heterocycles. The van der Waals surface area contributed by atoms with Crippen LogP contribution in [0, 0.1) is 0 Å². The van der Waals surface area contributed by atoms with Crippen LogP contribution in [0.15, 0.2) is 54.6 Å². The molecule has 0 saturated carbocycles. The summed E-state index contributed by atoms with van der Waals surface area (Å²) < 4.78 is 23.4. The van der Waals surface area contributed by atoms with Crippen molar-refractivity contribution in [2.24, 2.45) is 0 Å². The second kappa shape index (κ2) is 14.7. The maximum Gasteiger partial charge on any atom is 0.340 e. The second-order valence-electron chi connectivity index (χ2n) is 14.7. The van der Waals surface area contributed by atoms with Crippen molar-refractivity contribution in [2.45, 2.75) is 63.1 Å². The zero-order valence-electron chi connectivity index (χ0n) is 30.0. The average molecular weight is 710 g/mol. The molecule has 5 aliphatic rings. The third-order valence-corrected chi connectivity index (χ3v) is 17.0. The highest BCUT2D eigenvalue weighted by atomic mass is 28.3. The Balaban J connectivity index is 1.10. The van der Waals surface area contributed by atoms with Gasteiger partial charge in [-0.05, 0) is 84.2 Å². The number of fused-ring (bicyclic) bond motifs is 8. The zero-order valence-corrected chi connectivity index (χ0v) is 31.0. The van der Waals surface area contributed by atoms with Gasteiger partial charge in [0.05, 0.1) is 38.6 Å². The second-order valence-corrected chi connectivity index (χ2v) is 18.9. The molecule has 3 fully saturated rings. The van der Waals surface area contributed by atoms with Gasteiger partial charge in [0.25, 0.3) is 5.91 Å². The quantitative estimate of drug-likeness (QED) is 0.145. The molecule has 3 saturated heterocycles. The number of ether oxygens (including phenoxy) is 4. The molecular formula is C41H51N3O6Si. The van der Waals surface area contributed by atoms with Crippen LogP contribution in [-0.4, -0.2) is 92.3 Å². The normalized spacial score (nSPS) is 19.2. The van der Waals surface area contributed by atoms with Gasteiger partial charge in [-0.15, -0.1) is 0 Å². The van der Waals surface area contributed by atoms with Gasteiger partial charge in [0, 0.05) is 73.0 Å². The van der Waals surface area contributed by atoms with Gasteiger partial charge in [-0.1, -0.05) is 38.3 Å². The molecule has 10 heteroatoms. The lowest BCUT2D eigenvalue weighted by Crippen LogP contribution is -2.67. The van der Waals surface area contributed by atoms with Crippen LogP contribution >= 0.6 is 0 Å². The Morgan fingerprint density at radius 1 is 0.725 bits per heavy atom. The van der Waals surface area contributed by atoms with E-state index >= 15 is 0 Å². The molecule has 9 nitrogen and oxygen atoms in total. The van der Waals surface area contributed by atoms with Crippen molar-refractivity contribution in [3.05, 3.63) is 82.4 Å². The number of anilines is 2. The number of hydrogen-bond donors (Lipinski definition) is 1. The van der Waals surface area contributed by atoms with Crippen molar-refractivity contribution in [3.8, 4) is 0 Å². The number of hydrogen-bond acceptors (Lipinski definition) is 8. The van der Waals surface area contributed by atoms with Crippen molar-refractivity contribution >= 4 is 41.7 Å². The molecule has 0 radical (unpaired) electrons. The third kappa shape index (κ3) is 6.17. The lowest BCUT2D eigenvalue weighted by atomic mass is 9.78. The Morgan fingerprint density at radius 2 is 1.31 bits per heavy atom. The van der Waals surface area contributed by atoms with Gasteiger partial charge in [-0.25, -0.2) is 4.79 Å². The van der Waals surface area contributed by atoms with Crippen molar-refractivity contribution in [1.82, 2.24) is 5.32 Å². The van der Waals surface area contributed by atoms with E-state index in [0.29, 0.717) is 50.7 Å². The van der Waals surface area contributed by atoms with Crippen molar-refractivity contribution < 1.29 is 28.5 Å². The summed E-state index contributed by atoms with van der Waals surface area (Å²) in [6.07, 6.45) is 7.16. The molecule has 270 valence electrons. The van der Waals surface area contributed by atoms with E-state index in [1.165, 1.54) is 65.9 Å². The lowest BCUT2D eigenvalue weighted by molar-refractivity contribution is 0.0152. The van der Waals surface area contributed by atoms with Gasteiger partial charge in [0.1, 0.15) is 8.07 Å². The van der Waals surface area contributed by atoms with Crippen LogP contribution in [0.2, 0.25) is 12.1 Å². The van der Waals surface area contributed by atoms with Gasteiger partial charge in [0.2, 0.25) is 0 Å². The lowest BCUT2D eigenvalue weighted by Gasteiger charge is -2.49. The first kappa shape index (κ1) is 34.4. The Morgan fingerprint density at radius 3 is 1.88 bits per heavy atom. The molecule has 0 aliphatic carbocycles. The van der Waals surface area contributed by atoms with E-state index in [1.54, 1.807) is 12.1 Å². The molecule has 3 aromatic carbocycles. The predicted molar refractivity (Wildman–Crippen MR) is 202 cm³/mol. The number of rotatable bonds is 14. The number of nitrogens with zero attached hydrogens (tertiary/aromatic N) is 2. The first-order valence-electron chi connectivity index (χ1n) is 19.2. The molecule has 8 rings (SSSR count). The van der Waals surface area contributed by atoms with Crippen LogP contribution in [0.5, 0.6) is 0 Å². The average Bonchev–Trinajstić information content (AvgIpc) is 3.40. The molecule has 1 amide bonds. The number of benzene rings is 3. The summed E-state index contributed by atoms with van der Waals surface area (Å²) in [5.74, 6) is -0.530. The predicted octanol–water partition coefficient (Wildman–Crippen LogP) is 4.82. The molecule has 3 aromatic rings. The van der Waals surface area contributed by atoms with Crippen molar-refractivity contribution in [1.29, 1.82) is 0 Å². The zero-order chi connectivity index (χ0) is 34.8. The van der Waals surface area contributed by atoms with Crippen LogP contribution in [0.3, 0.4) is 0 Å². The van der Waals surface area contributed by atoms with Crippen LogP contribution in [0.1, 0.15) is 82.9 Å². The fourth-order valence-corrected chi connectivity index (χ4v) is 14.5. The number of carbonyl (C=O) groups is 2. The van der Waals surface area contributed by atoms with Crippen LogP contribution in [0.4, 0.5) is 11.4 Å². The maximum absolute atomic E-state index is 13.9. The highest BCUT2D eigenvalue weighted by Gasteiger charge is 2.58. The van der Waals surface area contributed by atoms with E-state index in [9.17, 15) is 9.59 Å². The Labute approximate surface area is 302 Å². The summed E-state index contributed by atoms with van der Waals surface area (Å²) in [6, 6.07) is 21.8. The Kier molecular flexibility index (Phi) is 9.93. The minimum atomic E-state index is -2.21. The number of nitrogens with one attached hydrogen (secondary N) is 1. The first-order chi connectivity index (χ1) is 25.0. The number of esters is 1. The highest BCUT2D eigenvalue weighted by Crippen LogP contribution is 2.51. The Hall–Kier alpha value is -3.70. The summed E-state index contributed by atoms with van der Waals surface area (Å²) >= 11 is 0. The van der Waals surface area contributed by atoms with Crippen molar-refractivity contribution in [2.75, 3.05) is 82.2 Å². The molecule has 0 bridgehead atoms. The molecule has 0 atom stereocenters. The van der Waals surface area contributed by atoms with E-state index in [4.69, 9.17) is 18.9 Å². The van der Waals surface area contributed by atoms with Crippen LogP contribution in [-0.2, 0) is 24.5 Å². The summed E-state index contributed by atoms with van der Waals surface area (Å²) in [6.45, 7) is 9.97. The molecule has 2 spiro atoms. The van der Waals surface area contributed by atoms with Gasteiger partial charge < -0.3 is 34.1 Å². The van der Waals surface area contributed by atoms with Crippen LogP contribution in [0.25, 0.3) is 0 Å². The largest absolute Gasteiger partial charge is 0.441 e. The SMILES string of the molecule is CCCOCCOCCOCCNC(=O)c1ccc2c(c1)C1(OC2=O)c2ccc(N3CCC3)cc2[Si]2(CCCCC2)c2cc(N3CCC3)ccc21. The monoisotopic (exact) mass is 709 g/mol. The fourth-order valence-electron chi connectivity index (χ4n) is 8.83. The number of carbonyl (C=O) groups excluding carboxylic acids is 2. The van der Waals surface area contributed by atoms with Gasteiger partial charge in [0.15, 0.2) is 5.60 Å². The summed E-state index contributed by atoms with van der Waals surface area (Å²) in [5.41, 5.74) is 5.47. The van der Waals surface area contributed by atoms with E-state index in [1.807, 2.05) is 6.07 Å². The minimum Gasteiger partial charge on any atom is -0.441 e. The van der Waals surface area contributed by atoms with E-state index in [2.05, 4.69) is 58.4 Å². The number of amides is 1. The molecule has 5 aliphatic heterocycles. The maximum atomic E-state index is 13.9. The van der Waals surface area contributed by atoms with Gasteiger partial charge >= 0.3 is 5.97 Å². The summed E-state index contributed by atoms with van der Waals surface area (Å²) in [4.78, 5) is 32.4. The first-order valence-corrected chi connectivity index (χ1v) is 21.7. The molecule has 51 heavy (non-hydrogen) atoms. The van der Waals surface area contributed by atoms with Gasteiger partial charge in [-0.3, -0.25) is 4.79 Å². The molecule has 5 heterocycles.